The van der Waals surface area contributed by atoms with Crippen molar-refractivity contribution in [3.8, 4) is 17.7 Å². The van der Waals surface area contributed by atoms with Crippen LogP contribution in [-0.4, -0.2) is 4.98 Å². The summed E-state index contributed by atoms with van der Waals surface area (Å²) in [5, 5.41) is 8.77. The van der Waals surface area contributed by atoms with Crippen molar-refractivity contribution in [2.75, 3.05) is 0 Å². The average molecular weight is 210 g/mol. The van der Waals surface area contributed by atoms with Crippen molar-refractivity contribution in [2.24, 2.45) is 0 Å². The summed E-state index contributed by atoms with van der Waals surface area (Å²) in [7, 11) is 0. The highest BCUT2D eigenvalue weighted by Crippen LogP contribution is 2.19. The molecule has 2 rings (SSSR count). The van der Waals surface area contributed by atoms with Crippen LogP contribution in [0.5, 0.6) is 11.6 Å². The van der Waals surface area contributed by atoms with E-state index in [-0.39, 0.29) is 0 Å². The van der Waals surface area contributed by atoms with Gasteiger partial charge in [0.2, 0.25) is 5.88 Å². The molecule has 0 N–H and O–H groups in total. The zero-order valence-corrected chi connectivity index (χ0v) is 8.84. The molecule has 0 fully saturated rings. The number of rotatable bonds is 2. The molecule has 1 aromatic heterocycles. The lowest BCUT2D eigenvalue weighted by molar-refractivity contribution is 0.461. The van der Waals surface area contributed by atoms with Crippen LogP contribution in [0.2, 0.25) is 0 Å². The third-order valence-corrected chi connectivity index (χ3v) is 2.15. The molecule has 1 heterocycles. The van der Waals surface area contributed by atoms with Crippen LogP contribution in [0.4, 0.5) is 0 Å². The molecule has 0 bridgehead atoms. The molecule has 0 saturated heterocycles. The van der Waals surface area contributed by atoms with Gasteiger partial charge in [-0.3, -0.25) is 0 Å². The maximum atomic E-state index is 8.77. The fourth-order valence-corrected chi connectivity index (χ4v) is 1.32. The molecular formula is C13H10N2O. The maximum absolute atomic E-state index is 8.77. The lowest BCUT2D eigenvalue weighted by atomic mass is 10.2. The van der Waals surface area contributed by atoms with Crippen molar-refractivity contribution < 1.29 is 4.74 Å². The van der Waals surface area contributed by atoms with Gasteiger partial charge in [0.05, 0.1) is 11.3 Å². The Morgan fingerprint density at radius 2 is 1.88 bits per heavy atom. The van der Waals surface area contributed by atoms with Gasteiger partial charge in [0, 0.05) is 6.07 Å². The first kappa shape index (κ1) is 10.2. The first-order valence-corrected chi connectivity index (χ1v) is 4.90. The standard InChI is InChI=1S/C13H10N2O/c1-10-11(9-14)7-8-13(15-10)16-12-5-3-2-4-6-12/h2-8H,1H3. The summed E-state index contributed by atoms with van der Waals surface area (Å²) in [5.74, 6) is 1.24. The fraction of sp³-hybridized carbons (Fsp3) is 0.0769. The number of para-hydroxylation sites is 1. The topological polar surface area (TPSA) is 45.9 Å². The number of nitrogens with zero attached hydrogens (tertiary/aromatic N) is 2. The van der Waals surface area contributed by atoms with Gasteiger partial charge in [0.1, 0.15) is 11.8 Å². The van der Waals surface area contributed by atoms with Crippen molar-refractivity contribution in [3.05, 3.63) is 53.7 Å². The predicted molar refractivity (Wildman–Crippen MR) is 60.2 cm³/mol. The Hall–Kier alpha value is -2.34. The minimum Gasteiger partial charge on any atom is -0.439 e. The second-order valence-corrected chi connectivity index (χ2v) is 3.31. The Balaban J connectivity index is 2.24. The Bertz CT molecular complexity index is 529. The largest absolute Gasteiger partial charge is 0.439 e. The van der Waals surface area contributed by atoms with Gasteiger partial charge >= 0.3 is 0 Å². The van der Waals surface area contributed by atoms with E-state index in [1.807, 2.05) is 30.3 Å². The minimum absolute atomic E-state index is 0.502. The quantitative estimate of drug-likeness (QED) is 0.765. The predicted octanol–water partition coefficient (Wildman–Crippen LogP) is 3.05. The maximum Gasteiger partial charge on any atom is 0.219 e. The van der Waals surface area contributed by atoms with Crippen LogP contribution >= 0.6 is 0 Å². The molecule has 0 spiro atoms. The second kappa shape index (κ2) is 4.45. The van der Waals surface area contributed by atoms with E-state index in [0.29, 0.717) is 17.1 Å². The van der Waals surface area contributed by atoms with Crippen LogP contribution in [0.1, 0.15) is 11.3 Å². The lowest BCUT2D eigenvalue weighted by Crippen LogP contribution is -1.92. The molecular weight excluding hydrogens is 200 g/mol. The first-order valence-electron chi connectivity index (χ1n) is 4.90. The van der Waals surface area contributed by atoms with Gasteiger partial charge in [-0.1, -0.05) is 18.2 Å². The van der Waals surface area contributed by atoms with Crippen molar-refractivity contribution in [1.82, 2.24) is 4.98 Å². The number of nitriles is 1. The third-order valence-electron chi connectivity index (χ3n) is 2.15. The monoisotopic (exact) mass is 210 g/mol. The lowest BCUT2D eigenvalue weighted by Gasteiger charge is -2.05. The first-order chi connectivity index (χ1) is 7.79. The summed E-state index contributed by atoms with van der Waals surface area (Å²) in [6.45, 7) is 1.79. The Morgan fingerprint density at radius 3 is 2.50 bits per heavy atom. The molecule has 0 amide bonds. The van der Waals surface area contributed by atoms with E-state index in [2.05, 4.69) is 11.1 Å². The summed E-state index contributed by atoms with van der Waals surface area (Å²) >= 11 is 0. The molecule has 0 unspecified atom stereocenters. The molecule has 16 heavy (non-hydrogen) atoms. The smallest absolute Gasteiger partial charge is 0.219 e. The Morgan fingerprint density at radius 1 is 1.12 bits per heavy atom. The molecule has 0 aliphatic carbocycles. The van der Waals surface area contributed by atoms with Gasteiger partial charge in [-0.2, -0.15) is 5.26 Å². The summed E-state index contributed by atoms with van der Waals surface area (Å²) in [6.07, 6.45) is 0. The Labute approximate surface area is 93.9 Å². The molecule has 0 saturated carbocycles. The number of aryl methyl sites for hydroxylation is 1. The van der Waals surface area contributed by atoms with Crippen LogP contribution in [0.15, 0.2) is 42.5 Å². The molecule has 3 nitrogen and oxygen atoms in total. The fourth-order valence-electron chi connectivity index (χ4n) is 1.32. The zero-order valence-electron chi connectivity index (χ0n) is 8.84. The number of benzene rings is 1. The van der Waals surface area contributed by atoms with Crippen molar-refractivity contribution in [1.29, 1.82) is 5.26 Å². The number of aromatic nitrogens is 1. The van der Waals surface area contributed by atoms with Crippen molar-refractivity contribution >= 4 is 0 Å². The van der Waals surface area contributed by atoms with Crippen LogP contribution < -0.4 is 4.74 Å². The van der Waals surface area contributed by atoms with Gasteiger partial charge in [-0.05, 0) is 25.1 Å². The van der Waals surface area contributed by atoms with Gasteiger partial charge in [0.15, 0.2) is 0 Å². The molecule has 0 atom stereocenters. The molecule has 2 aromatic rings. The third kappa shape index (κ3) is 2.18. The van der Waals surface area contributed by atoms with E-state index < -0.39 is 0 Å². The highest BCUT2D eigenvalue weighted by Gasteiger charge is 2.02. The van der Waals surface area contributed by atoms with Crippen LogP contribution in [-0.2, 0) is 0 Å². The SMILES string of the molecule is Cc1nc(Oc2ccccc2)ccc1C#N. The van der Waals surface area contributed by atoms with E-state index in [1.165, 1.54) is 0 Å². The summed E-state index contributed by atoms with van der Waals surface area (Å²) < 4.78 is 5.54. The highest BCUT2D eigenvalue weighted by molar-refractivity contribution is 5.36. The number of pyridine rings is 1. The number of ether oxygens (including phenoxy) is 1. The van der Waals surface area contributed by atoms with Crippen LogP contribution in [0, 0.1) is 18.3 Å². The van der Waals surface area contributed by atoms with Gasteiger partial charge < -0.3 is 4.74 Å². The normalized spacial score (nSPS) is 9.50. The van der Waals surface area contributed by atoms with Crippen LogP contribution in [0.3, 0.4) is 0 Å². The van der Waals surface area contributed by atoms with E-state index in [4.69, 9.17) is 10.00 Å². The second-order valence-electron chi connectivity index (χ2n) is 3.31. The van der Waals surface area contributed by atoms with E-state index in [1.54, 1.807) is 19.1 Å². The van der Waals surface area contributed by atoms with E-state index in [9.17, 15) is 0 Å². The van der Waals surface area contributed by atoms with Crippen LogP contribution in [0.25, 0.3) is 0 Å². The van der Waals surface area contributed by atoms with E-state index >= 15 is 0 Å². The number of hydrogen-bond acceptors (Lipinski definition) is 3. The minimum atomic E-state index is 0.502. The van der Waals surface area contributed by atoms with Gasteiger partial charge in [-0.25, -0.2) is 4.98 Å². The molecule has 0 radical (unpaired) electrons. The van der Waals surface area contributed by atoms with Gasteiger partial charge in [0.25, 0.3) is 0 Å². The van der Waals surface area contributed by atoms with Crippen molar-refractivity contribution in [2.45, 2.75) is 6.92 Å². The zero-order chi connectivity index (χ0) is 11.4. The average Bonchev–Trinajstić information content (AvgIpc) is 2.31. The van der Waals surface area contributed by atoms with E-state index in [0.717, 1.165) is 5.75 Å². The molecule has 0 aliphatic rings. The molecule has 1 aromatic carbocycles. The molecule has 0 aliphatic heterocycles. The summed E-state index contributed by atoms with van der Waals surface area (Å²) in [5.41, 5.74) is 1.25. The van der Waals surface area contributed by atoms with Gasteiger partial charge in [-0.15, -0.1) is 0 Å². The molecule has 78 valence electrons. The van der Waals surface area contributed by atoms with Crippen molar-refractivity contribution in [3.63, 3.8) is 0 Å². The highest BCUT2D eigenvalue weighted by atomic mass is 16.5. The summed E-state index contributed by atoms with van der Waals surface area (Å²) in [6, 6.07) is 14.9. The molecule has 3 heteroatoms. The number of hydrogen-bond donors (Lipinski definition) is 0. The summed E-state index contributed by atoms with van der Waals surface area (Å²) in [4.78, 5) is 4.19. The Kier molecular flexibility index (Phi) is 2.84.